The number of thiophene rings is 1. The number of fused-ring (bicyclic) bond motifs is 1. The highest BCUT2D eigenvalue weighted by Gasteiger charge is 2.08. The van der Waals surface area contributed by atoms with Crippen molar-refractivity contribution in [2.45, 2.75) is 20.8 Å². The monoisotopic (exact) mass is 396 g/mol. The van der Waals surface area contributed by atoms with Crippen LogP contribution in [0, 0.1) is 10.1 Å². The quantitative estimate of drug-likeness (QED) is 0.280. The Morgan fingerprint density at radius 1 is 1.48 bits per heavy atom. The van der Waals surface area contributed by atoms with E-state index in [2.05, 4.69) is 27.5 Å². The van der Waals surface area contributed by atoms with Crippen molar-refractivity contribution < 1.29 is 9.66 Å². The van der Waals surface area contributed by atoms with Gasteiger partial charge in [0.15, 0.2) is 0 Å². The van der Waals surface area contributed by atoms with Gasteiger partial charge in [0.2, 0.25) is 0 Å². The van der Waals surface area contributed by atoms with E-state index in [9.17, 15) is 10.1 Å². The van der Waals surface area contributed by atoms with Gasteiger partial charge >= 0.3 is 0 Å². The summed E-state index contributed by atoms with van der Waals surface area (Å²) in [5.74, 6) is 1.20. The molecule has 122 valence electrons. The standard InChI is InChI=1S/C14H11BrN2O3S.C2H6/c1-3-10(17(18)19)5-4-9(2)20-12-6-7-16-11-8-13(15)21-14(11)12;1-2/h3-8H,1H2,2H3;1-2H3/b9-4+,10-5+;. The molecule has 0 radical (unpaired) electrons. The maximum Gasteiger partial charge on any atom is 0.268 e. The van der Waals surface area contributed by atoms with Crippen LogP contribution in [0.4, 0.5) is 0 Å². The van der Waals surface area contributed by atoms with Crippen molar-refractivity contribution in [2.75, 3.05) is 0 Å². The molecule has 2 heterocycles. The first-order valence-electron chi connectivity index (χ1n) is 6.88. The summed E-state index contributed by atoms with van der Waals surface area (Å²) in [6, 6.07) is 3.67. The van der Waals surface area contributed by atoms with E-state index in [0.29, 0.717) is 11.5 Å². The Balaban J connectivity index is 0.00000127. The Morgan fingerprint density at radius 2 is 2.17 bits per heavy atom. The van der Waals surface area contributed by atoms with Gasteiger partial charge in [0.25, 0.3) is 5.70 Å². The van der Waals surface area contributed by atoms with Crippen LogP contribution in [-0.2, 0) is 0 Å². The number of nitro groups is 1. The third kappa shape index (κ3) is 5.30. The fourth-order valence-electron chi connectivity index (χ4n) is 1.58. The molecule has 0 saturated heterocycles. The van der Waals surface area contributed by atoms with Gasteiger partial charge in [-0.1, -0.05) is 20.4 Å². The number of pyridine rings is 1. The molecule has 23 heavy (non-hydrogen) atoms. The Bertz CT molecular complexity index is 766. The van der Waals surface area contributed by atoms with Crippen LogP contribution in [0.1, 0.15) is 20.8 Å². The zero-order valence-corrected chi connectivity index (χ0v) is 15.5. The summed E-state index contributed by atoms with van der Waals surface area (Å²) in [6.45, 7) is 9.12. The molecule has 0 aliphatic rings. The van der Waals surface area contributed by atoms with E-state index in [1.165, 1.54) is 29.6 Å². The third-order valence-electron chi connectivity index (χ3n) is 2.53. The van der Waals surface area contributed by atoms with Gasteiger partial charge in [0.05, 0.1) is 18.9 Å². The molecule has 0 unspecified atom stereocenters. The fraction of sp³-hybridized carbons (Fsp3) is 0.188. The molecule has 0 fully saturated rings. The predicted octanol–water partition coefficient (Wildman–Crippen LogP) is 5.71. The number of allylic oxidation sites excluding steroid dienone is 4. The maximum absolute atomic E-state index is 10.7. The number of hydrogen-bond acceptors (Lipinski definition) is 5. The normalized spacial score (nSPS) is 11.7. The lowest BCUT2D eigenvalue weighted by Crippen LogP contribution is -1.95. The number of aromatic nitrogens is 1. The molecule has 0 amide bonds. The van der Waals surface area contributed by atoms with Crippen molar-refractivity contribution in [2.24, 2.45) is 0 Å². The SMILES string of the molecule is C=C/C(=C\C=C(/C)Oc1ccnc2cc(Br)sc12)[N+](=O)[O-].CC. The number of ether oxygens (including phenoxy) is 1. The summed E-state index contributed by atoms with van der Waals surface area (Å²) in [7, 11) is 0. The summed E-state index contributed by atoms with van der Waals surface area (Å²) >= 11 is 4.93. The van der Waals surface area contributed by atoms with Gasteiger partial charge < -0.3 is 4.74 Å². The molecular formula is C16H17BrN2O3S. The minimum atomic E-state index is -0.502. The van der Waals surface area contributed by atoms with Crippen molar-refractivity contribution in [3.63, 3.8) is 0 Å². The molecule has 0 saturated carbocycles. The minimum Gasteiger partial charge on any atom is -0.460 e. The van der Waals surface area contributed by atoms with Crippen LogP contribution in [-0.4, -0.2) is 9.91 Å². The summed E-state index contributed by atoms with van der Waals surface area (Å²) in [5, 5.41) is 10.7. The minimum absolute atomic E-state index is 0.0864. The topological polar surface area (TPSA) is 65.3 Å². The van der Waals surface area contributed by atoms with E-state index in [1.807, 2.05) is 19.9 Å². The first-order chi connectivity index (χ1) is 11.0. The lowest BCUT2D eigenvalue weighted by Gasteiger charge is -2.05. The van der Waals surface area contributed by atoms with Crippen molar-refractivity contribution in [1.82, 2.24) is 4.98 Å². The Labute approximate surface area is 147 Å². The first kappa shape index (κ1) is 19.1. The molecular weight excluding hydrogens is 380 g/mol. The van der Waals surface area contributed by atoms with Gasteiger partial charge in [0, 0.05) is 24.4 Å². The highest BCUT2D eigenvalue weighted by molar-refractivity contribution is 9.11. The lowest BCUT2D eigenvalue weighted by atomic mass is 10.3. The largest absolute Gasteiger partial charge is 0.460 e. The molecule has 0 spiro atoms. The molecule has 2 aromatic heterocycles. The molecule has 0 aromatic carbocycles. The van der Waals surface area contributed by atoms with E-state index < -0.39 is 4.92 Å². The van der Waals surface area contributed by atoms with Crippen molar-refractivity contribution in [1.29, 1.82) is 0 Å². The smallest absolute Gasteiger partial charge is 0.268 e. The lowest BCUT2D eigenvalue weighted by molar-refractivity contribution is -0.418. The maximum atomic E-state index is 10.7. The number of rotatable bonds is 5. The van der Waals surface area contributed by atoms with Crippen LogP contribution in [0.5, 0.6) is 5.75 Å². The second-order valence-electron chi connectivity index (χ2n) is 4.01. The second-order valence-corrected chi connectivity index (χ2v) is 6.44. The molecule has 5 nitrogen and oxygen atoms in total. The third-order valence-corrected chi connectivity index (χ3v) is 4.17. The van der Waals surface area contributed by atoms with E-state index in [1.54, 1.807) is 19.2 Å². The van der Waals surface area contributed by atoms with Crippen LogP contribution < -0.4 is 4.74 Å². The van der Waals surface area contributed by atoms with Crippen LogP contribution >= 0.6 is 27.3 Å². The Morgan fingerprint density at radius 3 is 2.78 bits per heavy atom. The summed E-state index contributed by atoms with van der Waals surface area (Å²) in [5.41, 5.74) is 0.751. The average molecular weight is 397 g/mol. The van der Waals surface area contributed by atoms with Crippen molar-refractivity contribution in [3.05, 3.63) is 68.5 Å². The van der Waals surface area contributed by atoms with Gasteiger partial charge in [-0.3, -0.25) is 15.1 Å². The van der Waals surface area contributed by atoms with Crippen LogP contribution in [0.3, 0.4) is 0 Å². The first-order valence-corrected chi connectivity index (χ1v) is 8.49. The van der Waals surface area contributed by atoms with E-state index in [-0.39, 0.29) is 5.70 Å². The van der Waals surface area contributed by atoms with Gasteiger partial charge in [0.1, 0.15) is 11.5 Å². The van der Waals surface area contributed by atoms with Gasteiger partial charge in [-0.25, -0.2) is 0 Å². The van der Waals surface area contributed by atoms with Crippen LogP contribution in [0.25, 0.3) is 10.2 Å². The molecule has 7 heteroatoms. The molecule has 0 aliphatic heterocycles. The highest BCUT2D eigenvalue weighted by atomic mass is 79.9. The molecule has 0 aliphatic carbocycles. The fourth-order valence-corrected chi connectivity index (χ4v) is 3.07. The van der Waals surface area contributed by atoms with Gasteiger partial charge in [-0.2, -0.15) is 0 Å². The van der Waals surface area contributed by atoms with Crippen molar-refractivity contribution in [3.8, 4) is 5.75 Å². The van der Waals surface area contributed by atoms with Crippen molar-refractivity contribution >= 4 is 37.5 Å². The zero-order valence-electron chi connectivity index (χ0n) is 13.1. The average Bonchev–Trinajstić information content (AvgIpc) is 2.91. The number of halogens is 1. The molecule has 2 aromatic rings. The van der Waals surface area contributed by atoms with E-state index >= 15 is 0 Å². The molecule has 0 atom stereocenters. The Hall–Kier alpha value is -1.99. The highest BCUT2D eigenvalue weighted by Crippen LogP contribution is 2.35. The zero-order chi connectivity index (χ0) is 17.4. The summed E-state index contributed by atoms with van der Waals surface area (Å²) in [4.78, 5) is 14.4. The van der Waals surface area contributed by atoms with Crippen LogP contribution in [0.2, 0.25) is 0 Å². The van der Waals surface area contributed by atoms with Gasteiger partial charge in [-0.15, -0.1) is 11.3 Å². The molecule has 0 N–H and O–H groups in total. The van der Waals surface area contributed by atoms with Gasteiger partial charge in [-0.05, 0) is 35.0 Å². The summed E-state index contributed by atoms with van der Waals surface area (Å²) in [6.07, 6.45) is 5.73. The van der Waals surface area contributed by atoms with E-state index in [4.69, 9.17) is 4.74 Å². The summed E-state index contributed by atoms with van der Waals surface area (Å²) < 4.78 is 7.60. The van der Waals surface area contributed by atoms with Crippen LogP contribution in [0.15, 0.2) is 58.4 Å². The number of nitrogens with zero attached hydrogens (tertiary/aromatic N) is 2. The Kier molecular flexibility index (Phi) is 7.64. The second kappa shape index (κ2) is 9.22. The number of hydrogen-bond donors (Lipinski definition) is 0. The predicted molar refractivity (Wildman–Crippen MR) is 98.3 cm³/mol. The van der Waals surface area contributed by atoms with E-state index in [0.717, 1.165) is 14.0 Å². The molecule has 0 bridgehead atoms. The molecule has 2 rings (SSSR count).